The molecule has 1 aromatic carbocycles. The number of amides is 2. The Bertz CT molecular complexity index is 518. The number of nitrogens with one attached hydrogen (secondary N) is 1. The lowest BCUT2D eigenvalue weighted by Gasteiger charge is -2.40. The van der Waals surface area contributed by atoms with E-state index in [0.717, 1.165) is 26.1 Å². The second kappa shape index (κ2) is 5.41. The van der Waals surface area contributed by atoms with Gasteiger partial charge in [0, 0.05) is 32.1 Å². The molecular formula is C15H18N4O. The first kappa shape index (κ1) is 12.8. The number of urea groups is 1. The molecule has 1 N–H and O–H groups in total. The minimum atomic E-state index is 0.00182. The van der Waals surface area contributed by atoms with Crippen LogP contribution in [0.1, 0.15) is 17.9 Å². The van der Waals surface area contributed by atoms with Crippen LogP contribution >= 0.6 is 0 Å². The molecule has 2 aliphatic rings. The summed E-state index contributed by atoms with van der Waals surface area (Å²) in [5.74, 6) is 0.459. The Morgan fingerprint density at radius 1 is 1.25 bits per heavy atom. The molecule has 2 fully saturated rings. The van der Waals surface area contributed by atoms with E-state index in [2.05, 4.69) is 23.6 Å². The lowest BCUT2D eigenvalue weighted by molar-refractivity contribution is 0.148. The molecular weight excluding hydrogens is 252 g/mol. The molecule has 0 radical (unpaired) electrons. The minimum Gasteiger partial charge on any atom is -0.333 e. The quantitative estimate of drug-likeness (QED) is 0.825. The van der Waals surface area contributed by atoms with Crippen molar-refractivity contribution in [1.29, 1.82) is 5.26 Å². The van der Waals surface area contributed by atoms with Gasteiger partial charge in [0.2, 0.25) is 0 Å². The Hall–Kier alpha value is -2.22. The molecule has 0 bridgehead atoms. The normalized spacial score (nSPS) is 22.2. The zero-order valence-corrected chi connectivity index (χ0v) is 11.3. The molecule has 0 aromatic heterocycles. The van der Waals surface area contributed by atoms with Gasteiger partial charge in [-0.15, -0.1) is 0 Å². The van der Waals surface area contributed by atoms with Crippen LogP contribution in [0.3, 0.4) is 0 Å². The molecule has 1 atom stereocenters. The lowest BCUT2D eigenvalue weighted by atomic mass is 9.92. The van der Waals surface area contributed by atoms with Crippen LogP contribution in [-0.4, -0.2) is 48.1 Å². The predicted molar refractivity (Wildman–Crippen MR) is 74.9 cm³/mol. The summed E-state index contributed by atoms with van der Waals surface area (Å²) in [6.07, 6.45) is 2.98. The van der Waals surface area contributed by atoms with Crippen LogP contribution < -0.4 is 5.32 Å². The number of nitrogens with zero attached hydrogens (tertiary/aromatic N) is 3. The molecule has 2 aliphatic heterocycles. The second-order valence-corrected chi connectivity index (χ2v) is 5.49. The topological polar surface area (TPSA) is 59.4 Å². The van der Waals surface area contributed by atoms with E-state index in [4.69, 9.17) is 5.26 Å². The maximum atomic E-state index is 12.1. The van der Waals surface area contributed by atoms with Gasteiger partial charge in [-0.05, 0) is 12.0 Å². The fraction of sp³-hybridized carbons (Fsp3) is 0.467. The van der Waals surface area contributed by atoms with Gasteiger partial charge in [-0.2, -0.15) is 5.26 Å². The van der Waals surface area contributed by atoms with Gasteiger partial charge in [-0.1, -0.05) is 30.3 Å². The summed E-state index contributed by atoms with van der Waals surface area (Å²) in [4.78, 5) is 15.6. The molecule has 0 aliphatic carbocycles. The van der Waals surface area contributed by atoms with Crippen LogP contribution in [0.15, 0.2) is 30.3 Å². The molecule has 1 unspecified atom stereocenters. The number of hydrogen-bond acceptors (Lipinski definition) is 3. The van der Waals surface area contributed by atoms with Crippen molar-refractivity contribution in [2.45, 2.75) is 18.4 Å². The largest absolute Gasteiger partial charge is 0.333 e. The molecule has 3 rings (SSSR count). The third-order valence-corrected chi connectivity index (χ3v) is 4.10. The number of nitriles is 1. The zero-order valence-electron chi connectivity index (χ0n) is 11.3. The van der Waals surface area contributed by atoms with Crippen molar-refractivity contribution in [3.05, 3.63) is 35.9 Å². The highest BCUT2D eigenvalue weighted by Gasteiger charge is 2.33. The average Bonchev–Trinajstić information content (AvgIpc) is 2.86. The predicted octanol–water partition coefficient (Wildman–Crippen LogP) is 1.35. The fourth-order valence-corrected chi connectivity index (χ4v) is 2.82. The van der Waals surface area contributed by atoms with E-state index in [1.165, 1.54) is 5.56 Å². The first-order valence-electron chi connectivity index (χ1n) is 7.01. The Labute approximate surface area is 118 Å². The molecule has 5 heteroatoms. The SMILES string of the molecule is N#CN1CCC(NC(=O)N2CC(c3ccccc3)C2)C1. The number of benzene rings is 1. The van der Waals surface area contributed by atoms with Gasteiger partial charge in [-0.3, -0.25) is 0 Å². The summed E-state index contributed by atoms with van der Waals surface area (Å²) in [5.41, 5.74) is 1.30. The summed E-state index contributed by atoms with van der Waals surface area (Å²) in [6.45, 7) is 2.95. The standard InChI is InChI=1S/C15H18N4O/c16-11-18-7-6-14(10-18)17-15(20)19-8-13(9-19)12-4-2-1-3-5-12/h1-5,13-14H,6-10H2,(H,17,20). The highest BCUT2D eigenvalue weighted by Crippen LogP contribution is 2.26. The van der Waals surface area contributed by atoms with Crippen molar-refractivity contribution in [3.63, 3.8) is 0 Å². The molecule has 2 amide bonds. The highest BCUT2D eigenvalue weighted by atomic mass is 16.2. The molecule has 2 heterocycles. The molecule has 104 valence electrons. The van der Waals surface area contributed by atoms with Crippen LogP contribution in [0.2, 0.25) is 0 Å². The second-order valence-electron chi connectivity index (χ2n) is 5.49. The smallest absolute Gasteiger partial charge is 0.317 e. The van der Waals surface area contributed by atoms with Crippen LogP contribution in [0.25, 0.3) is 0 Å². The van der Waals surface area contributed by atoms with Crippen LogP contribution in [0.4, 0.5) is 4.79 Å². The number of likely N-dealkylation sites (tertiary alicyclic amines) is 2. The summed E-state index contributed by atoms with van der Waals surface area (Å²) in [6, 6.07) is 10.4. The van der Waals surface area contributed by atoms with E-state index in [0.29, 0.717) is 12.5 Å². The Morgan fingerprint density at radius 2 is 2.00 bits per heavy atom. The van der Waals surface area contributed by atoms with Gasteiger partial charge in [0.25, 0.3) is 0 Å². The van der Waals surface area contributed by atoms with Crippen molar-refractivity contribution < 1.29 is 4.79 Å². The van der Waals surface area contributed by atoms with E-state index in [1.807, 2.05) is 23.1 Å². The van der Waals surface area contributed by atoms with Gasteiger partial charge < -0.3 is 15.1 Å². The maximum Gasteiger partial charge on any atom is 0.317 e. The van der Waals surface area contributed by atoms with Crippen molar-refractivity contribution in [3.8, 4) is 6.19 Å². The molecule has 20 heavy (non-hydrogen) atoms. The zero-order chi connectivity index (χ0) is 13.9. The van der Waals surface area contributed by atoms with Gasteiger partial charge in [0.1, 0.15) is 0 Å². The minimum absolute atomic E-state index is 0.00182. The van der Waals surface area contributed by atoms with Gasteiger partial charge in [0.15, 0.2) is 6.19 Å². The number of carbonyl (C=O) groups excluding carboxylic acids is 1. The van der Waals surface area contributed by atoms with Crippen LogP contribution in [-0.2, 0) is 0 Å². The summed E-state index contributed by atoms with van der Waals surface area (Å²) >= 11 is 0. The number of rotatable bonds is 2. The van der Waals surface area contributed by atoms with Crippen molar-refractivity contribution in [2.75, 3.05) is 26.2 Å². The summed E-state index contributed by atoms with van der Waals surface area (Å²) < 4.78 is 0. The van der Waals surface area contributed by atoms with E-state index in [1.54, 1.807) is 4.90 Å². The van der Waals surface area contributed by atoms with Gasteiger partial charge in [0.05, 0.1) is 6.04 Å². The van der Waals surface area contributed by atoms with E-state index < -0.39 is 0 Å². The van der Waals surface area contributed by atoms with Crippen molar-refractivity contribution in [1.82, 2.24) is 15.1 Å². The summed E-state index contributed by atoms with van der Waals surface area (Å²) in [7, 11) is 0. The van der Waals surface area contributed by atoms with E-state index in [-0.39, 0.29) is 12.1 Å². The van der Waals surface area contributed by atoms with Crippen LogP contribution in [0, 0.1) is 11.5 Å². The lowest BCUT2D eigenvalue weighted by Crippen LogP contribution is -2.54. The Morgan fingerprint density at radius 3 is 2.65 bits per heavy atom. The van der Waals surface area contributed by atoms with Crippen molar-refractivity contribution >= 4 is 6.03 Å². The van der Waals surface area contributed by atoms with E-state index >= 15 is 0 Å². The monoisotopic (exact) mass is 270 g/mol. The number of carbonyl (C=O) groups is 1. The van der Waals surface area contributed by atoms with Crippen LogP contribution in [0.5, 0.6) is 0 Å². The maximum absolute atomic E-state index is 12.1. The Balaban J connectivity index is 1.46. The molecule has 0 spiro atoms. The molecule has 2 saturated heterocycles. The average molecular weight is 270 g/mol. The molecule has 0 saturated carbocycles. The fourth-order valence-electron chi connectivity index (χ4n) is 2.82. The highest BCUT2D eigenvalue weighted by molar-refractivity contribution is 5.75. The third-order valence-electron chi connectivity index (χ3n) is 4.10. The molecule has 5 nitrogen and oxygen atoms in total. The molecule has 1 aromatic rings. The van der Waals surface area contributed by atoms with Gasteiger partial charge in [-0.25, -0.2) is 4.79 Å². The summed E-state index contributed by atoms with van der Waals surface area (Å²) in [5, 5.41) is 11.8. The number of hydrogen-bond donors (Lipinski definition) is 1. The van der Waals surface area contributed by atoms with Crippen molar-refractivity contribution in [2.24, 2.45) is 0 Å². The van der Waals surface area contributed by atoms with Gasteiger partial charge >= 0.3 is 6.03 Å². The Kier molecular flexibility index (Phi) is 3.46. The first-order chi connectivity index (χ1) is 9.76. The third kappa shape index (κ3) is 2.55. The van der Waals surface area contributed by atoms with E-state index in [9.17, 15) is 4.79 Å². The first-order valence-corrected chi connectivity index (χ1v) is 7.01.